The molecule has 88 valence electrons. The van der Waals surface area contributed by atoms with E-state index in [0.717, 1.165) is 0 Å². The van der Waals surface area contributed by atoms with E-state index in [-0.39, 0.29) is 41.8 Å². The molecule has 1 aromatic rings. The Morgan fingerprint density at radius 1 is 1.24 bits per heavy atom. The van der Waals surface area contributed by atoms with Gasteiger partial charge in [0.1, 0.15) is 0 Å². The van der Waals surface area contributed by atoms with E-state index in [9.17, 15) is 23.1 Å². The molecular weight excluding hydrogens is 259 g/mol. The van der Waals surface area contributed by atoms with Crippen molar-refractivity contribution in [1.82, 2.24) is 0 Å². The van der Waals surface area contributed by atoms with E-state index < -0.39 is 20.8 Å². The molecule has 0 fully saturated rings. The van der Waals surface area contributed by atoms with E-state index >= 15 is 0 Å². The molecule has 1 rings (SSSR count). The number of anilines is 1. The zero-order chi connectivity index (χ0) is 12.2. The molecule has 9 heteroatoms. The first-order valence-electron chi connectivity index (χ1n) is 4.30. The summed E-state index contributed by atoms with van der Waals surface area (Å²) in [6.07, 6.45) is 0. The van der Waals surface area contributed by atoms with Gasteiger partial charge in [0, 0.05) is 24.4 Å². The minimum absolute atomic E-state index is 0. The van der Waals surface area contributed by atoms with E-state index in [1.165, 1.54) is 24.3 Å². The number of rotatable bonds is 5. The Kier molecular flexibility index (Phi) is 6.65. The summed E-state index contributed by atoms with van der Waals surface area (Å²) < 4.78 is 30.8. The normalized spacial score (nSPS) is 10.4. The maximum Gasteiger partial charge on any atom is 1.00 e. The number of nitro benzene ring substituents is 1. The molecule has 1 N–H and O–H groups in total. The number of nitrogens with one attached hydrogen (secondary N) is 1. The summed E-state index contributed by atoms with van der Waals surface area (Å²) in [6, 6.07) is 5.45. The maximum atomic E-state index is 10.3. The molecule has 0 spiro atoms. The van der Waals surface area contributed by atoms with Gasteiger partial charge in [0.05, 0.1) is 20.8 Å². The summed E-state index contributed by atoms with van der Waals surface area (Å²) in [5.74, 6) is -0.524. The number of non-ortho nitro benzene ring substituents is 1. The number of nitrogens with zero attached hydrogens (tertiary/aromatic N) is 1. The third-order valence-electron chi connectivity index (χ3n) is 1.76. The number of nitro groups is 1. The smallest absolute Gasteiger partial charge is 0.748 e. The van der Waals surface area contributed by atoms with Crippen molar-refractivity contribution < 1.29 is 47.5 Å². The van der Waals surface area contributed by atoms with Gasteiger partial charge < -0.3 is 9.87 Å². The van der Waals surface area contributed by atoms with Crippen LogP contribution in [0.15, 0.2) is 24.3 Å². The van der Waals surface area contributed by atoms with Gasteiger partial charge >= 0.3 is 29.6 Å². The summed E-state index contributed by atoms with van der Waals surface area (Å²) in [4.78, 5) is 9.79. The molecule has 7 nitrogen and oxygen atoms in total. The molecule has 0 aliphatic heterocycles. The van der Waals surface area contributed by atoms with E-state index in [0.29, 0.717) is 5.69 Å². The van der Waals surface area contributed by atoms with Crippen molar-refractivity contribution in [3.05, 3.63) is 34.4 Å². The van der Waals surface area contributed by atoms with E-state index in [1.54, 1.807) is 0 Å². The van der Waals surface area contributed by atoms with Crippen LogP contribution in [-0.4, -0.2) is 30.2 Å². The van der Waals surface area contributed by atoms with Crippen LogP contribution >= 0.6 is 0 Å². The van der Waals surface area contributed by atoms with Crippen LogP contribution in [0, 0.1) is 10.1 Å². The average molecular weight is 268 g/mol. The molecule has 0 bridgehead atoms. The SMILES string of the molecule is O=[N+]([O-])c1ccc(NCCS(=O)(=O)[O-])cc1.[Na+]. The number of benzene rings is 1. The molecule has 0 atom stereocenters. The molecule has 0 saturated carbocycles. The van der Waals surface area contributed by atoms with Crippen LogP contribution in [0.1, 0.15) is 0 Å². The Balaban J connectivity index is 0.00000256. The van der Waals surface area contributed by atoms with Gasteiger partial charge in [0.15, 0.2) is 0 Å². The Bertz CT molecular complexity index is 473. The van der Waals surface area contributed by atoms with Crippen molar-refractivity contribution in [2.45, 2.75) is 0 Å². The van der Waals surface area contributed by atoms with Gasteiger partial charge in [0.25, 0.3) is 5.69 Å². The maximum absolute atomic E-state index is 10.3. The van der Waals surface area contributed by atoms with Crippen molar-refractivity contribution in [2.24, 2.45) is 0 Å². The molecule has 1 aromatic carbocycles. The van der Waals surface area contributed by atoms with Crippen molar-refractivity contribution in [3.8, 4) is 0 Å². The van der Waals surface area contributed by atoms with Crippen LogP contribution in [-0.2, 0) is 10.1 Å². The van der Waals surface area contributed by atoms with Crippen LogP contribution < -0.4 is 34.9 Å². The van der Waals surface area contributed by atoms with E-state index in [2.05, 4.69) is 5.32 Å². The first-order valence-corrected chi connectivity index (χ1v) is 5.88. The second-order valence-corrected chi connectivity index (χ2v) is 4.52. The Morgan fingerprint density at radius 2 is 1.76 bits per heavy atom. The molecule has 0 amide bonds. The van der Waals surface area contributed by atoms with Crippen molar-refractivity contribution >= 4 is 21.5 Å². The minimum Gasteiger partial charge on any atom is -0.748 e. The van der Waals surface area contributed by atoms with Crippen LogP contribution in [0.2, 0.25) is 0 Å². The van der Waals surface area contributed by atoms with Gasteiger partial charge in [-0.3, -0.25) is 10.1 Å². The van der Waals surface area contributed by atoms with Crippen molar-refractivity contribution in [1.29, 1.82) is 0 Å². The zero-order valence-electron chi connectivity index (χ0n) is 9.12. The van der Waals surface area contributed by atoms with Gasteiger partial charge in [0.2, 0.25) is 0 Å². The van der Waals surface area contributed by atoms with Crippen LogP contribution in [0.25, 0.3) is 0 Å². The largest absolute Gasteiger partial charge is 1.00 e. The quantitative estimate of drug-likeness (QED) is 0.275. The van der Waals surface area contributed by atoms with Crippen LogP contribution in [0.5, 0.6) is 0 Å². The Hall–Kier alpha value is -0.670. The molecule has 17 heavy (non-hydrogen) atoms. The van der Waals surface area contributed by atoms with Crippen LogP contribution in [0.4, 0.5) is 11.4 Å². The molecule has 0 aliphatic carbocycles. The van der Waals surface area contributed by atoms with Gasteiger partial charge in [-0.15, -0.1) is 0 Å². The first kappa shape index (κ1) is 16.3. The summed E-state index contributed by atoms with van der Waals surface area (Å²) in [5.41, 5.74) is 0.469. The fourth-order valence-corrected chi connectivity index (χ4v) is 1.37. The topological polar surface area (TPSA) is 112 Å². The van der Waals surface area contributed by atoms with E-state index in [1.807, 2.05) is 0 Å². The Labute approximate surface area is 120 Å². The average Bonchev–Trinajstić information content (AvgIpc) is 2.16. The monoisotopic (exact) mass is 268 g/mol. The Morgan fingerprint density at radius 3 is 2.18 bits per heavy atom. The van der Waals surface area contributed by atoms with Crippen molar-refractivity contribution in [3.63, 3.8) is 0 Å². The van der Waals surface area contributed by atoms with Crippen molar-refractivity contribution in [2.75, 3.05) is 17.6 Å². The fraction of sp³-hybridized carbons (Fsp3) is 0.250. The van der Waals surface area contributed by atoms with Crippen LogP contribution in [0.3, 0.4) is 0 Å². The summed E-state index contributed by atoms with van der Waals surface area (Å²) in [6.45, 7) is -0.0242. The third-order valence-corrected chi connectivity index (χ3v) is 2.46. The molecule has 0 aliphatic rings. The third kappa shape index (κ3) is 6.59. The summed E-state index contributed by atoms with van der Waals surface area (Å²) in [7, 11) is -4.24. The molecule has 0 radical (unpaired) electrons. The molecule has 0 saturated heterocycles. The molecule has 0 heterocycles. The number of hydrogen-bond donors (Lipinski definition) is 1. The van der Waals surface area contributed by atoms with Gasteiger partial charge in [-0.1, -0.05) is 0 Å². The van der Waals surface area contributed by atoms with Gasteiger partial charge in [-0.2, -0.15) is 0 Å². The minimum atomic E-state index is -4.24. The molecule has 0 aromatic heterocycles. The summed E-state index contributed by atoms with van der Waals surface area (Å²) >= 11 is 0. The first-order chi connectivity index (χ1) is 7.38. The molecule has 0 unspecified atom stereocenters. The second kappa shape index (κ2) is 6.92. The molecular formula is C8H9N2NaO5S. The van der Waals surface area contributed by atoms with Gasteiger partial charge in [-0.05, 0) is 12.1 Å². The second-order valence-electron chi connectivity index (χ2n) is 2.99. The number of hydrogen-bond acceptors (Lipinski definition) is 6. The van der Waals surface area contributed by atoms with Gasteiger partial charge in [-0.25, -0.2) is 8.42 Å². The summed E-state index contributed by atoms with van der Waals surface area (Å²) in [5, 5.41) is 13.0. The predicted octanol–water partition coefficient (Wildman–Crippen LogP) is -2.44. The zero-order valence-corrected chi connectivity index (χ0v) is 11.9. The van der Waals surface area contributed by atoms with E-state index in [4.69, 9.17) is 0 Å². The standard InChI is InChI=1S/C8H10N2O5S.Na/c11-10(12)8-3-1-7(2-4-8)9-5-6-16(13,14)15;/h1-4,9H,5-6H2,(H,13,14,15);/q;+1/p-1. The fourth-order valence-electron chi connectivity index (χ4n) is 1.02. The predicted molar refractivity (Wildman–Crippen MR) is 56.2 cm³/mol.